The normalized spacial score (nSPS) is 11.3. The van der Waals surface area contributed by atoms with Gasteiger partial charge in [-0.1, -0.05) is 11.6 Å². The van der Waals surface area contributed by atoms with Crippen molar-refractivity contribution in [2.45, 2.75) is 6.18 Å². The molecule has 0 aliphatic rings. The monoisotopic (exact) mass is 378 g/mol. The molecule has 2 rings (SSSR count). The molecule has 8 heteroatoms. The lowest BCUT2D eigenvalue weighted by Gasteiger charge is -2.14. The van der Waals surface area contributed by atoms with Gasteiger partial charge in [0.1, 0.15) is 4.60 Å². The maximum absolute atomic E-state index is 12.9. The number of nitrogens with zero attached hydrogens (tertiary/aromatic N) is 1. The predicted octanol–water partition coefficient (Wildman–Crippen LogP) is 4.77. The van der Waals surface area contributed by atoms with E-state index in [-0.39, 0.29) is 16.3 Å². The third kappa shape index (κ3) is 3.95. The lowest BCUT2D eigenvalue weighted by Crippen LogP contribution is -2.16. The van der Waals surface area contributed by atoms with Crippen molar-refractivity contribution in [1.82, 2.24) is 4.98 Å². The quantitative estimate of drug-likeness (QED) is 0.764. The zero-order valence-electron chi connectivity index (χ0n) is 10.2. The van der Waals surface area contributed by atoms with Gasteiger partial charge < -0.3 is 5.32 Å². The Balaban J connectivity index is 2.34. The van der Waals surface area contributed by atoms with E-state index in [0.29, 0.717) is 4.60 Å². The fourth-order valence-corrected chi connectivity index (χ4v) is 2.14. The summed E-state index contributed by atoms with van der Waals surface area (Å²) in [4.78, 5) is 15.8. The van der Waals surface area contributed by atoms with Crippen LogP contribution in [0.15, 0.2) is 41.1 Å². The Morgan fingerprint density at radius 1 is 1.24 bits per heavy atom. The third-order valence-corrected chi connectivity index (χ3v) is 3.19. The van der Waals surface area contributed by atoms with Gasteiger partial charge in [0.25, 0.3) is 5.91 Å². The lowest BCUT2D eigenvalue weighted by molar-refractivity contribution is -0.136. The van der Waals surface area contributed by atoms with Gasteiger partial charge in [0.2, 0.25) is 0 Å². The van der Waals surface area contributed by atoms with Crippen LogP contribution in [0.2, 0.25) is 5.02 Å². The molecule has 1 aromatic heterocycles. The zero-order valence-corrected chi connectivity index (χ0v) is 12.6. The number of rotatable bonds is 2. The molecule has 2 aromatic rings. The van der Waals surface area contributed by atoms with Crippen molar-refractivity contribution in [2.75, 3.05) is 5.32 Å². The van der Waals surface area contributed by atoms with Gasteiger partial charge in [-0.05, 0) is 46.3 Å². The summed E-state index contributed by atoms with van der Waals surface area (Å²) in [6.45, 7) is 0. The molecular formula is C13H7BrClF3N2O. The van der Waals surface area contributed by atoms with Crippen LogP contribution in [0.1, 0.15) is 15.9 Å². The molecule has 0 fully saturated rings. The fraction of sp³-hybridized carbons (Fsp3) is 0.0769. The van der Waals surface area contributed by atoms with E-state index in [2.05, 4.69) is 26.2 Å². The number of halogens is 5. The van der Waals surface area contributed by atoms with Crippen molar-refractivity contribution in [2.24, 2.45) is 0 Å². The summed E-state index contributed by atoms with van der Waals surface area (Å²) in [6.07, 6.45) is -3.25. The van der Waals surface area contributed by atoms with E-state index < -0.39 is 17.6 Å². The molecule has 0 aliphatic heterocycles. The number of carbonyl (C=O) groups is 1. The van der Waals surface area contributed by atoms with E-state index >= 15 is 0 Å². The number of benzene rings is 1. The first-order chi connectivity index (χ1) is 9.77. The van der Waals surface area contributed by atoms with Crippen molar-refractivity contribution >= 4 is 39.1 Å². The lowest BCUT2D eigenvalue weighted by atomic mass is 10.1. The number of anilines is 1. The molecule has 0 radical (unpaired) electrons. The summed E-state index contributed by atoms with van der Waals surface area (Å²) in [5.74, 6) is -0.675. The minimum absolute atomic E-state index is 0.0630. The Morgan fingerprint density at radius 2 is 1.95 bits per heavy atom. The molecule has 1 aromatic carbocycles. The van der Waals surface area contributed by atoms with Crippen LogP contribution in [0, 0.1) is 0 Å². The molecule has 1 amide bonds. The van der Waals surface area contributed by atoms with Crippen LogP contribution in [0.25, 0.3) is 0 Å². The van der Waals surface area contributed by atoms with Crippen LogP contribution in [0.5, 0.6) is 0 Å². The summed E-state index contributed by atoms with van der Waals surface area (Å²) < 4.78 is 39.2. The largest absolute Gasteiger partial charge is 0.418 e. The first kappa shape index (κ1) is 15.8. The molecule has 0 aliphatic carbocycles. The van der Waals surface area contributed by atoms with E-state index in [1.165, 1.54) is 24.4 Å². The summed E-state index contributed by atoms with van der Waals surface area (Å²) in [7, 11) is 0. The highest BCUT2D eigenvalue weighted by molar-refractivity contribution is 9.10. The molecule has 3 nitrogen and oxygen atoms in total. The van der Waals surface area contributed by atoms with Crippen molar-refractivity contribution in [3.05, 3.63) is 57.3 Å². The minimum Gasteiger partial charge on any atom is -0.321 e. The van der Waals surface area contributed by atoms with Gasteiger partial charge in [-0.2, -0.15) is 13.2 Å². The summed E-state index contributed by atoms with van der Waals surface area (Å²) >= 11 is 8.65. The van der Waals surface area contributed by atoms with Crippen LogP contribution < -0.4 is 5.32 Å². The van der Waals surface area contributed by atoms with Crippen LogP contribution in [0.3, 0.4) is 0 Å². The number of alkyl halides is 3. The maximum atomic E-state index is 12.9. The number of pyridine rings is 1. The molecule has 0 spiro atoms. The second-order valence-electron chi connectivity index (χ2n) is 4.01. The average Bonchev–Trinajstić information content (AvgIpc) is 2.39. The highest BCUT2D eigenvalue weighted by atomic mass is 79.9. The molecule has 1 N–H and O–H groups in total. The highest BCUT2D eigenvalue weighted by Gasteiger charge is 2.34. The van der Waals surface area contributed by atoms with Gasteiger partial charge >= 0.3 is 6.18 Å². The highest BCUT2D eigenvalue weighted by Crippen LogP contribution is 2.36. The van der Waals surface area contributed by atoms with Gasteiger partial charge in [0.15, 0.2) is 0 Å². The van der Waals surface area contributed by atoms with Crippen molar-refractivity contribution in [3.8, 4) is 0 Å². The zero-order chi connectivity index (χ0) is 15.6. The Labute approximate surface area is 131 Å². The maximum Gasteiger partial charge on any atom is 0.418 e. The molecule has 0 saturated heterocycles. The molecule has 0 unspecified atom stereocenters. The van der Waals surface area contributed by atoms with E-state index in [4.69, 9.17) is 11.6 Å². The van der Waals surface area contributed by atoms with Crippen molar-refractivity contribution in [3.63, 3.8) is 0 Å². The summed E-state index contributed by atoms with van der Waals surface area (Å²) in [5.41, 5.74) is -1.18. The summed E-state index contributed by atoms with van der Waals surface area (Å²) in [6, 6.07) is 5.94. The van der Waals surface area contributed by atoms with Crippen LogP contribution in [-0.4, -0.2) is 10.9 Å². The van der Waals surface area contributed by atoms with Gasteiger partial charge in [0.05, 0.1) is 11.3 Å². The standard InChI is InChI=1S/C13H7BrClF3N2O/c14-11-5-7(3-4-19-11)12(21)20-10-2-1-8(15)6-9(10)13(16,17)18/h1-6H,(H,20,21). The van der Waals surface area contributed by atoms with Gasteiger partial charge in [-0.15, -0.1) is 0 Å². The molecule has 1 heterocycles. The second-order valence-corrected chi connectivity index (χ2v) is 5.26. The van der Waals surface area contributed by atoms with Crippen LogP contribution in [-0.2, 0) is 6.18 Å². The number of amides is 1. The first-order valence-electron chi connectivity index (χ1n) is 5.57. The first-order valence-corrected chi connectivity index (χ1v) is 6.74. The number of aromatic nitrogens is 1. The van der Waals surface area contributed by atoms with E-state index in [1.54, 1.807) is 0 Å². The SMILES string of the molecule is O=C(Nc1ccc(Cl)cc1C(F)(F)F)c1ccnc(Br)c1. The molecule has 0 bridgehead atoms. The van der Waals surface area contributed by atoms with E-state index in [0.717, 1.165) is 12.1 Å². The predicted molar refractivity (Wildman–Crippen MR) is 76.3 cm³/mol. The smallest absolute Gasteiger partial charge is 0.321 e. The van der Waals surface area contributed by atoms with Gasteiger partial charge in [-0.3, -0.25) is 4.79 Å². The Hall–Kier alpha value is -1.60. The second kappa shape index (κ2) is 6.03. The molecule has 21 heavy (non-hydrogen) atoms. The van der Waals surface area contributed by atoms with Crippen molar-refractivity contribution < 1.29 is 18.0 Å². The molecule has 0 saturated carbocycles. The number of nitrogens with one attached hydrogen (secondary N) is 1. The van der Waals surface area contributed by atoms with Crippen LogP contribution >= 0.6 is 27.5 Å². The Bertz CT molecular complexity index is 691. The Morgan fingerprint density at radius 3 is 2.57 bits per heavy atom. The third-order valence-electron chi connectivity index (χ3n) is 2.52. The fourth-order valence-electron chi connectivity index (χ4n) is 1.60. The summed E-state index contributed by atoms with van der Waals surface area (Å²) in [5, 5.41) is 2.16. The topological polar surface area (TPSA) is 42.0 Å². The number of hydrogen-bond acceptors (Lipinski definition) is 2. The Kier molecular flexibility index (Phi) is 4.53. The van der Waals surface area contributed by atoms with Crippen LogP contribution in [0.4, 0.5) is 18.9 Å². The van der Waals surface area contributed by atoms with Crippen molar-refractivity contribution in [1.29, 1.82) is 0 Å². The average molecular weight is 380 g/mol. The number of carbonyl (C=O) groups excluding carboxylic acids is 1. The van der Waals surface area contributed by atoms with E-state index in [1.807, 2.05) is 0 Å². The molecule has 110 valence electrons. The van der Waals surface area contributed by atoms with Gasteiger partial charge in [0, 0.05) is 16.8 Å². The van der Waals surface area contributed by atoms with Gasteiger partial charge in [-0.25, -0.2) is 4.98 Å². The molecular weight excluding hydrogens is 373 g/mol. The number of hydrogen-bond donors (Lipinski definition) is 1. The minimum atomic E-state index is -4.62. The molecule has 0 atom stereocenters. The van der Waals surface area contributed by atoms with E-state index in [9.17, 15) is 18.0 Å².